The minimum Gasteiger partial charge on any atom is -0.399 e. The molecule has 3 nitrogen and oxygen atoms in total. The summed E-state index contributed by atoms with van der Waals surface area (Å²) in [5.74, 6) is -0.0944. The van der Waals surface area contributed by atoms with E-state index in [1.807, 2.05) is 24.4 Å². The maximum absolute atomic E-state index is 12.4. The molecule has 0 atom stereocenters. The highest BCUT2D eigenvalue weighted by atomic mass is 35.5. The third-order valence-corrected chi connectivity index (χ3v) is 3.88. The van der Waals surface area contributed by atoms with Gasteiger partial charge in [-0.25, -0.2) is 0 Å². The van der Waals surface area contributed by atoms with Crippen LogP contribution >= 0.6 is 22.9 Å². The minimum atomic E-state index is -0.0944. The molecule has 0 saturated heterocycles. The molecule has 5 heteroatoms. The zero-order valence-corrected chi connectivity index (χ0v) is 11.5. The monoisotopic (exact) mass is 280 g/mol. The van der Waals surface area contributed by atoms with Gasteiger partial charge in [-0.1, -0.05) is 17.7 Å². The second kappa shape index (κ2) is 5.42. The molecule has 2 rings (SSSR count). The summed E-state index contributed by atoms with van der Waals surface area (Å²) >= 11 is 7.34. The molecule has 1 aromatic carbocycles. The van der Waals surface area contributed by atoms with Crippen molar-refractivity contribution in [1.82, 2.24) is 0 Å². The average Bonchev–Trinajstić information content (AvgIpc) is 2.76. The summed E-state index contributed by atoms with van der Waals surface area (Å²) in [7, 11) is 0. The summed E-state index contributed by atoms with van der Waals surface area (Å²) < 4.78 is 0. The zero-order chi connectivity index (χ0) is 13.1. The number of rotatable bonds is 3. The van der Waals surface area contributed by atoms with Gasteiger partial charge in [0.25, 0.3) is 5.91 Å². The molecule has 2 aromatic rings. The molecule has 0 unspecified atom stereocenters. The van der Waals surface area contributed by atoms with E-state index < -0.39 is 0 Å². The Balaban J connectivity index is 2.35. The molecule has 0 aliphatic heterocycles. The molecule has 0 aliphatic rings. The first-order chi connectivity index (χ1) is 8.63. The van der Waals surface area contributed by atoms with Crippen molar-refractivity contribution in [2.24, 2.45) is 0 Å². The number of anilines is 2. The van der Waals surface area contributed by atoms with Crippen LogP contribution < -0.4 is 10.6 Å². The highest BCUT2D eigenvalue weighted by molar-refractivity contribution is 7.12. The molecule has 18 heavy (non-hydrogen) atoms. The summed E-state index contributed by atoms with van der Waals surface area (Å²) in [4.78, 5) is 14.6. The molecule has 0 saturated carbocycles. The molecule has 0 fully saturated rings. The Hall–Kier alpha value is -1.52. The molecular formula is C13H13ClN2OS. The zero-order valence-electron chi connectivity index (χ0n) is 9.89. The number of carbonyl (C=O) groups is 1. The van der Waals surface area contributed by atoms with Gasteiger partial charge in [0.15, 0.2) is 0 Å². The number of benzene rings is 1. The summed E-state index contributed by atoms with van der Waals surface area (Å²) in [6, 6.07) is 8.99. The number of nitrogens with two attached hydrogens (primary N) is 1. The number of hydrogen-bond acceptors (Lipinski definition) is 3. The van der Waals surface area contributed by atoms with Gasteiger partial charge in [-0.15, -0.1) is 11.3 Å². The second-order valence-electron chi connectivity index (χ2n) is 3.74. The first kappa shape index (κ1) is 12.9. The fourth-order valence-electron chi connectivity index (χ4n) is 1.71. The van der Waals surface area contributed by atoms with Crippen LogP contribution in [0.15, 0.2) is 35.7 Å². The number of nitrogen functional groups attached to an aromatic ring is 1. The van der Waals surface area contributed by atoms with Gasteiger partial charge in [0.1, 0.15) is 4.88 Å². The van der Waals surface area contributed by atoms with E-state index in [-0.39, 0.29) is 5.91 Å². The summed E-state index contributed by atoms with van der Waals surface area (Å²) in [6.07, 6.45) is 0. The highest BCUT2D eigenvalue weighted by Crippen LogP contribution is 2.26. The van der Waals surface area contributed by atoms with Crippen molar-refractivity contribution in [1.29, 1.82) is 0 Å². The number of halogens is 1. The van der Waals surface area contributed by atoms with Crippen LogP contribution in [0.4, 0.5) is 11.4 Å². The van der Waals surface area contributed by atoms with Gasteiger partial charge in [-0.3, -0.25) is 4.79 Å². The van der Waals surface area contributed by atoms with E-state index in [1.165, 1.54) is 11.3 Å². The number of carbonyl (C=O) groups excluding carboxylic acids is 1. The van der Waals surface area contributed by atoms with E-state index >= 15 is 0 Å². The minimum absolute atomic E-state index is 0.0944. The van der Waals surface area contributed by atoms with E-state index in [1.54, 1.807) is 23.1 Å². The number of nitrogens with zero attached hydrogens (tertiary/aromatic N) is 1. The normalized spacial score (nSPS) is 10.3. The maximum Gasteiger partial charge on any atom is 0.269 e. The van der Waals surface area contributed by atoms with Crippen LogP contribution in [0, 0.1) is 0 Å². The summed E-state index contributed by atoms with van der Waals surface area (Å²) in [5.41, 5.74) is 7.16. The fraction of sp³-hybridized carbons (Fsp3) is 0.154. The Morgan fingerprint density at radius 2 is 2.22 bits per heavy atom. The molecule has 1 aromatic heterocycles. The average molecular weight is 281 g/mol. The van der Waals surface area contributed by atoms with E-state index in [4.69, 9.17) is 17.3 Å². The van der Waals surface area contributed by atoms with Gasteiger partial charge >= 0.3 is 0 Å². The number of hydrogen-bond donors (Lipinski definition) is 1. The van der Waals surface area contributed by atoms with Crippen molar-refractivity contribution in [3.05, 3.63) is 45.6 Å². The molecule has 1 amide bonds. The standard InChI is InChI=1S/C13H13ClN2OS/c1-2-16(10-5-3-4-9(15)8-10)13(17)12-11(14)6-7-18-12/h3-8H,2,15H2,1H3. The van der Waals surface area contributed by atoms with Gasteiger partial charge < -0.3 is 10.6 Å². The Labute approximate surface area is 115 Å². The lowest BCUT2D eigenvalue weighted by atomic mass is 10.2. The van der Waals surface area contributed by atoms with E-state index in [0.717, 1.165) is 5.69 Å². The third-order valence-electron chi connectivity index (χ3n) is 2.55. The van der Waals surface area contributed by atoms with E-state index in [9.17, 15) is 4.79 Å². The van der Waals surface area contributed by atoms with Gasteiger partial charge in [-0.05, 0) is 36.6 Å². The van der Waals surface area contributed by atoms with Crippen LogP contribution in [-0.4, -0.2) is 12.5 Å². The largest absolute Gasteiger partial charge is 0.399 e. The molecule has 94 valence electrons. The van der Waals surface area contributed by atoms with Crippen molar-refractivity contribution in [2.45, 2.75) is 6.92 Å². The highest BCUT2D eigenvalue weighted by Gasteiger charge is 2.19. The second-order valence-corrected chi connectivity index (χ2v) is 5.07. The first-order valence-corrected chi connectivity index (χ1v) is 6.79. The lowest BCUT2D eigenvalue weighted by Crippen LogP contribution is -2.30. The third kappa shape index (κ3) is 2.49. The van der Waals surface area contributed by atoms with Crippen molar-refractivity contribution >= 4 is 40.2 Å². The Morgan fingerprint density at radius 1 is 1.44 bits per heavy atom. The number of amides is 1. The molecule has 0 radical (unpaired) electrons. The Bertz CT molecular complexity index is 568. The molecule has 0 spiro atoms. The lowest BCUT2D eigenvalue weighted by molar-refractivity contribution is 0.0992. The van der Waals surface area contributed by atoms with Crippen molar-refractivity contribution < 1.29 is 4.79 Å². The first-order valence-electron chi connectivity index (χ1n) is 5.54. The summed E-state index contributed by atoms with van der Waals surface area (Å²) in [6.45, 7) is 2.49. The van der Waals surface area contributed by atoms with Crippen LogP contribution in [0.25, 0.3) is 0 Å². The number of thiophene rings is 1. The van der Waals surface area contributed by atoms with Crippen molar-refractivity contribution in [3.63, 3.8) is 0 Å². The van der Waals surface area contributed by atoms with Crippen LogP contribution in [-0.2, 0) is 0 Å². The topological polar surface area (TPSA) is 46.3 Å². The predicted octanol–water partition coefficient (Wildman–Crippen LogP) is 3.65. The van der Waals surface area contributed by atoms with Crippen LogP contribution in [0.2, 0.25) is 5.02 Å². The van der Waals surface area contributed by atoms with Crippen LogP contribution in [0.5, 0.6) is 0 Å². The van der Waals surface area contributed by atoms with E-state index in [2.05, 4.69) is 0 Å². The van der Waals surface area contributed by atoms with Crippen LogP contribution in [0.1, 0.15) is 16.6 Å². The van der Waals surface area contributed by atoms with Gasteiger partial charge in [-0.2, -0.15) is 0 Å². The molecule has 2 N–H and O–H groups in total. The lowest BCUT2D eigenvalue weighted by Gasteiger charge is -2.20. The quantitative estimate of drug-likeness (QED) is 0.873. The fourth-order valence-corrected chi connectivity index (χ4v) is 2.79. The SMILES string of the molecule is CCN(C(=O)c1sccc1Cl)c1cccc(N)c1. The van der Waals surface area contributed by atoms with Crippen LogP contribution in [0.3, 0.4) is 0 Å². The molecular weight excluding hydrogens is 268 g/mol. The smallest absolute Gasteiger partial charge is 0.269 e. The molecule has 1 heterocycles. The molecule has 0 aliphatic carbocycles. The summed E-state index contributed by atoms with van der Waals surface area (Å²) in [5, 5.41) is 2.30. The van der Waals surface area contributed by atoms with E-state index in [0.29, 0.717) is 22.1 Å². The Morgan fingerprint density at radius 3 is 2.78 bits per heavy atom. The predicted molar refractivity (Wildman–Crippen MR) is 77.5 cm³/mol. The van der Waals surface area contributed by atoms with Crippen molar-refractivity contribution in [3.8, 4) is 0 Å². The van der Waals surface area contributed by atoms with Crippen molar-refractivity contribution in [2.75, 3.05) is 17.2 Å². The Kier molecular flexibility index (Phi) is 3.89. The maximum atomic E-state index is 12.4. The van der Waals surface area contributed by atoms with Gasteiger partial charge in [0.2, 0.25) is 0 Å². The molecule has 0 bridgehead atoms. The van der Waals surface area contributed by atoms with Gasteiger partial charge in [0.05, 0.1) is 5.02 Å². The van der Waals surface area contributed by atoms with Gasteiger partial charge in [0, 0.05) is 17.9 Å².